The van der Waals surface area contributed by atoms with Gasteiger partial charge in [-0.25, -0.2) is 0 Å². The van der Waals surface area contributed by atoms with E-state index in [4.69, 9.17) is 4.74 Å². The van der Waals surface area contributed by atoms with E-state index in [9.17, 15) is 4.79 Å². The van der Waals surface area contributed by atoms with E-state index in [1.807, 2.05) is 0 Å². The number of rotatable bonds is 4. The lowest BCUT2D eigenvalue weighted by atomic mass is 9.87. The first-order chi connectivity index (χ1) is 12.0. The molecule has 1 amide bonds. The van der Waals surface area contributed by atoms with Gasteiger partial charge in [0, 0.05) is 25.7 Å². The molecule has 4 rings (SSSR count). The van der Waals surface area contributed by atoms with E-state index in [0.29, 0.717) is 0 Å². The zero-order valence-electron chi connectivity index (χ0n) is 15.5. The zero-order chi connectivity index (χ0) is 17.5. The molecule has 2 saturated heterocycles. The van der Waals surface area contributed by atoms with Crippen LogP contribution in [-0.2, 0) is 16.0 Å². The van der Waals surface area contributed by atoms with E-state index in [2.05, 4.69) is 54.0 Å². The zero-order valence-corrected chi connectivity index (χ0v) is 15.5. The summed E-state index contributed by atoms with van der Waals surface area (Å²) in [7, 11) is 0. The van der Waals surface area contributed by atoms with Crippen molar-refractivity contribution in [2.24, 2.45) is 0 Å². The van der Waals surface area contributed by atoms with Crippen molar-refractivity contribution in [2.75, 3.05) is 26.2 Å². The second-order valence-electron chi connectivity index (χ2n) is 8.38. The Bertz CT molecular complexity index is 616. The Morgan fingerprint density at radius 2 is 1.76 bits per heavy atom. The molecular formula is C21H30N2O2. The van der Waals surface area contributed by atoms with Crippen molar-refractivity contribution in [3.8, 4) is 0 Å². The van der Waals surface area contributed by atoms with Crippen LogP contribution in [0.15, 0.2) is 30.3 Å². The van der Waals surface area contributed by atoms with E-state index in [1.165, 1.54) is 5.56 Å². The molecule has 0 atom stereocenters. The second-order valence-corrected chi connectivity index (χ2v) is 8.38. The molecule has 2 heterocycles. The average Bonchev–Trinajstić information content (AvgIpc) is 3.39. The predicted molar refractivity (Wildman–Crippen MR) is 98.5 cm³/mol. The minimum atomic E-state index is -0.464. The highest BCUT2D eigenvalue weighted by Crippen LogP contribution is 2.50. The van der Waals surface area contributed by atoms with Gasteiger partial charge in [0.15, 0.2) is 0 Å². The summed E-state index contributed by atoms with van der Waals surface area (Å²) >= 11 is 0. The van der Waals surface area contributed by atoms with Crippen molar-refractivity contribution in [1.82, 2.24) is 9.80 Å². The SMILES string of the molecule is CC(C)N1CC2(CCN(CCc3ccccc3)CC2)OC2(CC2)C1=O. The van der Waals surface area contributed by atoms with Crippen LogP contribution in [0.2, 0.25) is 0 Å². The van der Waals surface area contributed by atoms with Crippen LogP contribution >= 0.6 is 0 Å². The fourth-order valence-electron chi connectivity index (χ4n) is 4.36. The van der Waals surface area contributed by atoms with Crippen molar-refractivity contribution in [3.05, 3.63) is 35.9 Å². The van der Waals surface area contributed by atoms with Crippen LogP contribution in [0.3, 0.4) is 0 Å². The summed E-state index contributed by atoms with van der Waals surface area (Å²) in [6.45, 7) is 8.28. The number of likely N-dealkylation sites (tertiary alicyclic amines) is 1. The van der Waals surface area contributed by atoms with Crippen LogP contribution in [0, 0.1) is 0 Å². The normalized spacial score (nSPS) is 25.1. The van der Waals surface area contributed by atoms with Crippen LogP contribution in [0.25, 0.3) is 0 Å². The van der Waals surface area contributed by atoms with Crippen molar-refractivity contribution in [2.45, 2.75) is 63.2 Å². The third-order valence-corrected chi connectivity index (χ3v) is 6.18. The summed E-state index contributed by atoms with van der Waals surface area (Å²) in [6.07, 6.45) is 5.01. The van der Waals surface area contributed by atoms with Crippen molar-refractivity contribution >= 4 is 5.91 Å². The molecule has 3 fully saturated rings. The Morgan fingerprint density at radius 1 is 1.08 bits per heavy atom. The van der Waals surface area contributed by atoms with Crippen LogP contribution in [0.1, 0.15) is 45.1 Å². The maximum Gasteiger partial charge on any atom is 0.255 e. The molecule has 1 saturated carbocycles. The molecule has 136 valence electrons. The van der Waals surface area contributed by atoms with Gasteiger partial charge in [-0.3, -0.25) is 4.79 Å². The summed E-state index contributed by atoms with van der Waals surface area (Å²) < 4.78 is 6.50. The van der Waals surface area contributed by atoms with Crippen LogP contribution in [0.5, 0.6) is 0 Å². The second kappa shape index (κ2) is 6.40. The minimum Gasteiger partial charge on any atom is -0.357 e. The highest BCUT2D eigenvalue weighted by Gasteiger charge is 2.62. The summed E-state index contributed by atoms with van der Waals surface area (Å²) in [6, 6.07) is 11.0. The lowest BCUT2D eigenvalue weighted by Gasteiger charge is -2.51. The Balaban J connectivity index is 1.36. The topological polar surface area (TPSA) is 32.8 Å². The molecule has 2 spiro atoms. The van der Waals surface area contributed by atoms with Gasteiger partial charge >= 0.3 is 0 Å². The number of ether oxygens (including phenoxy) is 1. The molecule has 1 aliphatic carbocycles. The molecule has 3 aliphatic rings. The quantitative estimate of drug-likeness (QED) is 0.843. The fourth-order valence-corrected chi connectivity index (χ4v) is 4.36. The maximum absolute atomic E-state index is 12.7. The number of amides is 1. The van der Waals surface area contributed by atoms with E-state index in [0.717, 1.165) is 58.3 Å². The monoisotopic (exact) mass is 342 g/mol. The van der Waals surface area contributed by atoms with Crippen molar-refractivity contribution in [1.29, 1.82) is 0 Å². The molecule has 0 N–H and O–H groups in total. The maximum atomic E-state index is 12.7. The Morgan fingerprint density at radius 3 is 2.36 bits per heavy atom. The third kappa shape index (κ3) is 3.34. The number of nitrogens with zero attached hydrogens (tertiary/aromatic N) is 2. The molecule has 1 aromatic rings. The minimum absolute atomic E-state index is 0.113. The van der Waals surface area contributed by atoms with Crippen molar-refractivity contribution < 1.29 is 9.53 Å². The summed E-state index contributed by atoms with van der Waals surface area (Å²) in [5.41, 5.74) is 0.831. The van der Waals surface area contributed by atoms with Gasteiger partial charge in [0.25, 0.3) is 5.91 Å². The van der Waals surface area contributed by atoms with Crippen LogP contribution < -0.4 is 0 Å². The molecule has 0 radical (unpaired) electrons. The number of hydrogen-bond donors (Lipinski definition) is 0. The van der Waals surface area contributed by atoms with Gasteiger partial charge in [-0.05, 0) is 51.5 Å². The van der Waals surface area contributed by atoms with E-state index >= 15 is 0 Å². The van der Waals surface area contributed by atoms with Crippen LogP contribution in [0.4, 0.5) is 0 Å². The number of hydrogen-bond acceptors (Lipinski definition) is 3. The van der Waals surface area contributed by atoms with Crippen molar-refractivity contribution in [3.63, 3.8) is 0 Å². The van der Waals surface area contributed by atoms with Gasteiger partial charge in [-0.1, -0.05) is 30.3 Å². The summed E-state index contributed by atoms with van der Waals surface area (Å²) in [4.78, 5) is 17.3. The molecular weight excluding hydrogens is 312 g/mol. The summed E-state index contributed by atoms with van der Waals surface area (Å²) in [5, 5.41) is 0. The number of carbonyl (C=O) groups excluding carboxylic acids is 1. The van der Waals surface area contributed by atoms with E-state index in [1.54, 1.807) is 0 Å². The predicted octanol–water partition coefficient (Wildman–Crippen LogP) is 2.86. The van der Waals surface area contributed by atoms with Gasteiger partial charge in [0.1, 0.15) is 5.60 Å². The molecule has 4 heteroatoms. The van der Waals surface area contributed by atoms with Gasteiger partial charge < -0.3 is 14.5 Å². The molecule has 4 nitrogen and oxygen atoms in total. The number of carbonyl (C=O) groups is 1. The largest absolute Gasteiger partial charge is 0.357 e. The lowest BCUT2D eigenvalue weighted by Crippen LogP contribution is -2.64. The van der Waals surface area contributed by atoms with Gasteiger partial charge in [0.05, 0.1) is 12.1 Å². The van der Waals surface area contributed by atoms with Crippen LogP contribution in [-0.4, -0.2) is 59.1 Å². The molecule has 0 unspecified atom stereocenters. The van der Waals surface area contributed by atoms with E-state index < -0.39 is 5.60 Å². The number of piperidine rings is 1. The first-order valence-corrected chi connectivity index (χ1v) is 9.80. The van der Waals surface area contributed by atoms with Gasteiger partial charge in [-0.15, -0.1) is 0 Å². The van der Waals surface area contributed by atoms with E-state index in [-0.39, 0.29) is 17.6 Å². The highest BCUT2D eigenvalue weighted by atomic mass is 16.5. The molecule has 2 aliphatic heterocycles. The Hall–Kier alpha value is -1.39. The summed E-state index contributed by atoms with van der Waals surface area (Å²) in [5.74, 6) is 0.236. The average molecular weight is 342 g/mol. The van der Waals surface area contributed by atoms with Gasteiger partial charge in [0.2, 0.25) is 0 Å². The molecule has 1 aromatic carbocycles. The first kappa shape index (κ1) is 17.0. The first-order valence-electron chi connectivity index (χ1n) is 9.80. The molecule has 0 bridgehead atoms. The highest BCUT2D eigenvalue weighted by molar-refractivity contribution is 5.89. The lowest BCUT2D eigenvalue weighted by molar-refractivity contribution is -0.203. The molecule has 0 aromatic heterocycles. The standard InChI is InChI=1S/C21H30N2O2/c1-17(2)23-16-20(25-21(9-10-21)19(23)24)11-14-22(15-12-20)13-8-18-6-4-3-5-7-18/h3-7,17H,8-16H2,1-2H3. The fraction of sp³-hybridized carbons (Fsp3) is 0.667. The number of benzene rings is 1. The molecule has 25 heavy (non-hydrogen) atoms. The number of morpholine rings is 1. The Kier molecular flexibility index (Phi) is 4.37. The smallest absolute Gasteiger partial charge is 0.255 e. The van der Waals surface area contributed by atoms with Gasteiger partial charge in [-0.2, -0.15) is 0 Å². The Labute approximate surface area is 151 Å². The third-order valence-electron chi connectivity index (χ3n) is 6.18.